The molecular weight excluding hydrogens is 470 g/mol. The first-order chi connectivity index (χ1) is 16.8. The predicted octanol–water partition coefficient (Wildman–Crippen LogP) is 3.43. The Morgan fingerprint density at radius 3 is 2.51 bits per heavy atom. The van der Waals surface area contributed by atoms with E-state index in [-0.39, 0.29) is 16.3 Å². The molecule has 10 nitrogen and oxygen atoms in total. The van der Waals surface area contributed by atoms with Crippen LogP contribution in [0.2, 0.25) is 0 Å². The van der Waals surface area contributed by atoms with Crippen LogP contribution in [0.15, 0.2) is 58.4 Å². The Bertz CT molecular complexity index is 1510. The Hall–Kier alpha value is -3.86. The summed E-state index contributed by atoms with van der Waals surface area (Å²) in [6.45, 7) is 4.77. The van der Waals surface area contributed by atoms with E-state index in [1.165, 1.54) is 29.7 Å². The van der Waals surface area contributed by atoms with Crippen molar-refractivity contribution in [2.45, 2.75) is 31.7 Å². The van der Waals surface area contributed by atoms with Gasteiger partial charge >= 0.3 is 0 Å². The molecule has 0 saturated carbocycles. The number of rotatable bonds is 9. The molecule has 0 fully saturated rings. The van der Waals surface area contributed by atoms with Crippen LogP contribution in [0.5, 0.6) is 11.5 Å². The number of sulfonamides is 1. The van der Waals surface area contributed by atoms with Gasteiger partial charge in [-0.15, -0.1) is 0 Å². The second-order valence-electron chi connectivity index (χ2n) is 7.78. The van der Waals surface area contributed by atoms with E-state index in [0.717, 1.165) is 6.42 Å². The van der Waals surface area contributed by atoms with Crippen molar-refractivity contribution in [2.24, 2.45) is 0 Å². The fourth-order valence-electron chi connectivity index (χ4n) is 3.69. The second-order valence-corrected chi connectivity index (χ2v) is 9.75. The number of benzene rings is 2. The molecule has 0 atom stereocenters. The number of hydrogen-bond acceptors (Lipinski definition) is 7. The van der Waals surface area contributed by atoms with Gasteiger partial charge in [-0.3, -0.25) is 9.10 Å². The fraction of sp³-hybridized carbons (Fsp3) is 0.292. The van der Waals surface area contributed by atoms with E-state index in [9.17, 15) is 13.2 Å². The highest BCUT2D eigenvalue weighted by Crippen LogP contribution is 2.33. The van der Waals surface area contributed by atoms with Gasteiger partial charge in [-0.2, -0.15) is 5.10 Å². The Morgan fingerprint density at radius 2 is 1.86 bits per heavy atom. The molecule has 0 radical (unpaired) electrons. The molecule has 4 rings (SSSR count). The molecule has 2 aromatic carbocycles. The van der Waals surface area contributed by atoms with Gasteiger partial charge < -0.3 is 14.5 Å². The average Bonchev–Trinajstić information content (AvgIpc) is 3.27. The number of aromatic nitrogens is 4. The summed E-state index contributed by atoms with van der Waals surface area (Å²) in [6.07, 6.45) is 2.30. The van der Waals surface area contributed by atoms with Crippen LogP contribution in [0.4, 0.5) is 5.69 Å². The third-order valence-corrected chi connectivity index (χ3v) is 7.32. The van der Waals surface area contributed by atoms with Crippen LogP contribution >= 0.6 is 0 Å². The molecule has 1 N–H and O–H groups in total. The Labute approximate surface area is 203 Å². The van der Waals surface area contributed by atoms with Crippen LogP contribution in [0.1, 0.15) is 20.3 Å². The van der Waals surface area contributed by atoms with Crippen molar-refractivity contribution < 1.29 is 17.9 Å². The summed E-state index contributed by atoms with van der Waals surface area (Å²) in [5, 5.41) is 4.62. The van der Waals surface area contributed by atoms with Gasteiger partial charge in [-0.1, -0.05) is 6.92 Å². The molecule has 4 aromatic rings. The molecule has 0 aliphatic carbocycles. The molecule has 0 amide bonds. The van der Waals surface area contributed by atoms with Gasteiger partial charge in [-0.25, -0.2) is 18.1 Å². The van der Waals surface area contributed by atoms with E-state index in [2.05, 4.69) is 15.1 Å². The molecule has 11 heteroatoms. The van der Waals surface area contributed by atoms with Crippen molar-refractivity contribution in [1.29, 1.82) is 0 Å². The summed E-state index contributed by atoms with van der Waals surface area (Å²) in [5.74, 6) is 1.23. The summed E-state index contributed by atoms with van der Waals surface area (Å²) in [7, 11) is -0.914. The van der Waals surface area contributed by atoms with Crippen molar-refractivity contribution >= 4 is 26.7 Å². The monoisotopic (exact) mass is 497 g/mol. The number of hydrogen-bond donors (Lipinski definition) is 1. The van der Waals surface area contributed by atoms with Crippen LogP contribution in [-0.2, 0) is 16.6 Å². The molecule has 0 aliphatic heterocycles. The standard InChI is InChI=1S/C24H27N5O5S/c1-5-13-29-23-20(15-25-29)24(30)27-22(26-23)19-14-18(11-12-21(19)34-6-2)35(31,32)28(3)16-7-9-17(33-4)10-8-16/h7-12,14-15H,5-6,13H2,1-4H3,(H,26,27,30). The van der Waals surface area contributed by atoms with Crippen molar-refractivity contribution in [1.82, 2.24) is 19.7 Å². The third kappa shape index (κ3) is 4.59. The van der Waals surface area contributed by atoms with Crippen LogP contribution in [0.3, 0.4) is 0 Å². The molecule has 184 valence electrons. The molecule has 2 heterocycles. The van der Waals surface area contributed by atoms with Crippen molar-refractivity contribution in [3.8, 4) is 22.9 Å². The fourth-order valence-corrected chi connectivity index (χ4v) is 4.92. The van der Waals surface area contributed by atoms with E-state index in [1.54, 1.807) is 42.1 Å². The summed E-state index contributed by atoms with van der Waals surface area (Å²) >= 11 is 0. The molecule has 0 saturated heterocycles. The van der Waals surface area contributed by atoms with Gasteiger partial charge in [0.2, 0.25) is 0 Å². The minimum absolute atomic E-state index is 0.0269. The van der Waals surface area contributed by atoms with Gasteiger partial charge in [0.1, 0.15) is 22.7 Å². The molecule has 0 bridgehead atoms. The van der Waals surface area contributed by atoms with E-state index >= 15 is 0 Å². The lowest BCUT2D eigenvalue weighted by atomic mass is 10.2. The molecular formula is C24H27N5O5S. The number of anilines is 1. The van der Waals surface area contributed by atoms with E-state index in [4.69, 9.17) is 9.47 Å². The first kappa shape index (κ1) is 24.3. The van der Waals surface area contributed by atoms with E-state index in [1.807, 2.05) is 13.8 Å². The first-order valence-corrected chi connectivity index (χ1v) is 12.6. The maximum Gasteiger partial charge on any atom is 0.264 e. The zero-order chi connectivity index (χ0) is 25.2. The maximum atomic E-state index is 13.5. The molecule has 0 spiro atoms. The Morgan fingerprint density at radius 1 is 1.11 bits per heavy atom. The van der Waals surface area contributed by atoms with Crippen LogP contribution in [-0.4, -0.2) is 48.9 Å². The maximum absolute atomic E-state index is 13.5. The van der Waals surface area contributed by atoms with Gasteiger partial charge in [0.25, 0.3) is 15.6 Å². The number of nitrogens with one attached hydrogen (secondary N) is 1. The first-order valence-electron chi connectivity index (χ1n) is 11.2. The summed E-state index contributed by atoms with van der Waals surface area (Å²) in [6, 6.07) is 11.2. The number of aryl methyl sites for hydroxylation is 1. The minimum Gasteiger partial charge on any atom is -0.497 e. The summed E-state index contributed by atoms with van der Waals surface area (Å²) < 4.78 is 40.7. The van der Waals surface area contributed by atoms with Crippen LogP contribution < -0.4 is 19.3 Å². The third-order valence-electron chi connectivity index (χ3n) is 5.54. The lowest BCUT2D eigenvalue weighted by Crippen LogP contribution is -2.26. The topological polar surface area (TPSA) is 119 Å². The number of H-pyrrole nitrogens is 1. The number of fused-ring (bicyclic) bond motifs is 1. The van der Waals surface area contributed by atoms with E-state index < -0.39 is 10.0 Å². The van der Waals surface area contributed by atoms with Crippen LogP contribution in [0, 0.1) is 0 Å². The highest BCUT2D eigenvalue weighted by Gasteiger charge is 2.24. The minimum atomic E-state index is -3.93. The average molecular weight is 498 g/mol. The molecule has 0 aliphatic rings. The van der Waals surface area contributed by atoms with Crippen molar-refractivity contribution in [3.05, 3.63) is 59.0 Å². The van der Waals surface area contributed by atoms with Crippen molar-refractivity contribution in [2.75, 3.05) is 25.1 Å². The molecule has 0 unspecified atom stereocenters. The van der Waals surface area contributed by atoms with E-state index in [0.29, 0.717) is 46.9 Å². The zero-order valence-electron chi connectivity index (χ0n) is 20.0. The molecule has 2 aromatic heterocycles. The largest absolute Gasteiger partial charge is 0.497 e. The van der Waals surface area contributed by atoms with Gasteiger partial charge in [0.05, 0.1) is 36.1 Å². The second kappa shape index (κ2) is 9.79. The Balaban J connectivity index is 1.83. The van der Waals surface area contributed by atoms with Crippen LogP contribution in [0.25, 0.3) is 22.4 Å². The SMILES string of the molecule is CCCn1ncc2c(=O)[nH]c(-c3cc(S(=O)(=O)N(C)c4ccc(OC)cc4)ccc3OCC)nc21. The quantitative estimate of drug-likeness (QED) is 0.376. The summed E-state index contributed by atoms with van der Waals surface area (Å²) in [5.41, 5.74) is 0.895. The van der Waals surface area contributed by atoms with Crippen molar-refractivity contribution in [3.63, 3.8) is 0 Å². The predicted molar refractivity (Wildman–Crippen MR) is 134 cm³/mol. The van der Waals surface area contributed by atoms with Gasteiger partial charge in [0, 0.05) is 13.6 Å². The number of methoxy groups -OCH3 is 1. The van der Waals surface area contributed by atoms with Gasteiger partial charge in [0.15, 0.2) is 5.65 Å². The lowest BCUT2D eigenvalue weighted by Gasteiger charge is -2.21. The highest BCUT2D eigenvalue weighted by molar-refractivity contribution is 7.92. The number of nitrogens with zero attached hydrogens (tertiary/aromatic N) is 4. The normalized spacial score (nSPS) is 11.5. The smallest absolute Gasteiger partial charge is 0.264 e. The zero-order valence-corrected chi connectivity index (χ0v) is 20.8. The highest BCUT2D eigenvalue weighted by atomic mass is 32.2. The number of ether oxygens (including phenoxy) is 2. The lowest BCUT2D eigenvalue weighted by molar-refractivity contribution is 0.341. The summed E-state index contributed by atoms with van der Waals surface area (Å²) in [4.78, 5) is 20.2. The Kier molecular flexibility index (Phi) is 6.79. The number of aromatic amines is 1. The molecule has 35 heavy (non-hydrogen) atoms. The van der Waals surface area contributed by atoms with Gasteiger partial charge in [-0.05, 0) is 55.8 Å².